The van der Waals surface area contributed by atoms with Gasteiger partial charge in [0.15, 0.2) is 8.32 Å². The summed E-state index contributed by atoms with van der Waals surface area (Å²) in [6.45, 7) is 17.7. The molecule has 2 spiro atoms. The van der Waals surface area contributed by atoms with Gasteiger partial charge in [0.2, 0.25) is 0 Å². The van der Waals surface area contributed by atoms with E-state index in [1.165, 1.54) is 19.2 Å². The number of nitrogens with zero attached hydrogens (tertiary/aromatic N) is 2. The standard InChI is InChI=1S/C34H45F3N2O5Si/c1-19(2)27-25-26(33(13-15-41-16-14-33)43-29(25)21-9-10-23(38-18-21)34(35,36)37)24-22(44-45(7,8)31(4,5)6)17-32(11-12-32)30(28(24)39-27)42-20(3)40/h9-10,18-19,22,29-30H,11-17H2,1-8H3. The fourth-order valence-electron chi connectivity index (χ4n) is 7.22. The fraction of sp³-hybridized carbons (Fsp3) is 0.676. The summed E-state index contributed by atoms with van der Waals surface area (Å²) in [6, 6.07) is 2.49. The van der Waals surface area contributed by atoms with Gasteiger partial charge in [-0.15, -0.1) is 0 Å². The summed E-state index contributed by atoms with van der Waals surface area (Å²) in [4.78, 5) is 21.7. The van der Waals surface area contributed by atoms with Crippen molar-refractivity contribution < 1.29 is 36.6 Å². The van der Waals surface area contributed by atoms with Crippen molar-refractivity contribution >= 4 is 14.3 Å². The molecule has 45 heavy (non-hydrogen) atoms. The van der Waals surface area contributed by atoms with E-state index in [-0.39, 0.29) is 28.4 Å². The van der Waals surface area contributed by atoms with Crippen molar-refractivity contribution in [1.29, 1.82) is 0 Å². The Labute approximate surface area is 264 Å². The molecule has 4 aliphatic rings. The smallest absolute Gasteiger partial charge is 0.433 e. The summed E-state index contributed by atoms with van der Waals surface area (Å²) in [7, 11) is -2.30. The van der Waals surface area contributed by atoms with Crippen LogP contribution in [0.1, 0.15) is 137 Å². The van der Waals surface area contributed by atoms with E-state index >= 15 is 0 Å². The predicted molar refractivity (Wildman–Crippen MR) is 164 cm³/mol. The number of aromatic nitrogens is 2. The van der Waals surface area contributed by atoms with Crippen molar-refractivity contribution in [3.8, 4) is 0 Å². The minimum absolute atomic E-state index is 0.0395. The number of hydrogen-bond donors (Lipinski definition) is 0. The molecular weight excluding hydrogens is 601 g/mol. The maximum Gasteiger partial charge on any atom is 0.433 e. The quantitative estimate of drug-likeness (QED) is 0.238. The monoisotopic (exact) mass is 646 g/mol. The molecule has 2 aromatic heterocycles. The van der Waals surface area contributed by atoms with Crippen LogP contribution in [0.2, 0.25) is 18.1 Å². The van der Waals surface area contributed by atoms with Crippen molar-refractivity contribution in [1.82, 2.24) is 9.97 Å². The van der Waals surface area contributed by atoms with Crippen molar-refractivity contribution in [2.45, 2.75) is 128 Å². The highest BCUT2D eigenvalue weighted by atomic mass is 28.4. The fourth-order valence-corrected chi connectivity index (χ4v) is 8.49. The predicted octanol–water partition coefficient (Wildman–Crippen LogP) is 8.60. The third kappa shape index (κ3) is 5.55. The van der Waals surface area contributed by atoms with E-state index in [9.17, 15) is 18.0 Å². The Morgan fingerprint density at radius 2 is 1.73 bits per heavy atom. The molecule has 0 bridgehead atoms. The molecule has 6 rings (SSSR count). The van der Waals surface area contributed by atoms with Gasteiger partial charge in [0.05, 0.1) is 17.4 Å². The zero-order valence-electron chi connectivity index (χ0n) is 27.6. The maximum atomic E-state index is 13.5. The topological polar surface area (TPSA) is 79.8 Å². The molecule has 3 atom stereocenters. The number of carbonyl (C=O) groups is 1. The second kappa shape index (κ2) is 10.9. The molecule has 7 nitrogen and oxygen atoms in total. The van der Waals surface area contributed by atoms with Gasteiger partial charge in [0.25, 0.3) is 0 Å². The molecule has 0 aromatic carbocycles. The van der Waals surface area contributed by atoms with Gasteiger partial charge in [-0.3, -0.25) is 14.8 Å². The number of esters is 1. The Balaban J connectivity index is 1.63. The highest BCUT2D eigenvalue weighted by molar-refractivity contribution is 6.74. The van der Waals surface area contributed by atoms with Crippen molar-refractivity contribution in [2.24, 2.45) is 5.41 Å². The molecule has 0 N–H and O–H groups in total. The van der Waals surface area contributed by atoms with Crippen LogP contribution in [0.5, 0.6) is 0 Å². The Morgan fingerprint density at radius 1 is 1.07 bits per heavy atom. The number of halogens is 3. The summed E-state index contributed by atoms with van der Waals surface area (Å²) in [6.07, 6.45) is -1.01. The first-order valence-electron chi connectivity index (χ1n) is 16.1. The molecule has 1 saturated carbocycles. The second-order valence-corrected chi connectivity index (χ2v) is 20.0. The molecule has 2 fully saturated rings. The number of ether oxygens (including phenoxy) is 3. The van der Waals surface area contributed by atoms with Crippen LogP contribution in [-0.2, 0) is 35.2 Å². The van der Waals surface area contributed by atoms with Gasteiger partial charge < -0.3 is 18.6 Å². The van der Waals surface area contributed by atoms with Crippen LogP contribution in [0.15, 0.2) is 18.3 Å². The second-order valence-electron chi connectivity index (χ2n) is 15.2. The van der Waals surface area contributed by atoms with Gasteiger partial charge in [-0.1, -0.05) is 40.7 Å². The van der Waals surface area contributed by atoms with E-state index in [0.717, 1.165) is 47.0 Å². The van der Waals surface area contributed by atoms with Gasteiger partial charge in [-0.25, -0.2) is 0 Å². The van der Waals surface area contributed by atoms with Gasteiger partial charge in [0.1, 0.15) is 17.9 Å². The van der Waals surface area contributed by atoms with Gasteiger partial charge in [0, 0.05) is 67.0 Å². The van der Waals surface area contributed by atoms with Crippen LogP contribution in [0.4, 0.5) is 13.2 Å². The van der Waals surface area contributed by atoms with Crippen LogP contribution in [0.25, 0.3) is 0 Å². The molecule has 2 aliphatic heterocycles. The largest absolute Gasteiger partial charge is 0.455 e. The number of rotatable bonds is 5. The summed E-state index contributed by atoms with van der Waals surface area (Å²) >= 11 is 0. The zero-order chi connectivity index (χ0) is 32.7. The minimum atomic E-state index is -4.54. The molecule has 11 heteroatoms. The van der Waals surface area contributed by atoms with Gasteiger partial charge >= 0.3 is 12.1 Å². The van der Waals surface area contributed by atoms with E-state index in [2.05, 4.69) is 52.7 Å². The lowest BCUT2D eigenvalue weighted by Gasteiger charge is -2.46. The highest BCUT2D eigenvalue weighted by Gasteiger charge is 2.62. The lowest BCUT2D eigenvalue weighted by Crippen LogP contribution is -2.45. The van der Waals surface area contributed by atoms with E-state index in [4.69, 9.17) is 23.6 Å². The van der Waals surface area contributed by atoms with E-state index in [0.29, 0.717) is 38.0 Å². The number of fused-ring (bicyclic) bond motifs is 4. The molecule has 0 radical (unpaired) electrons. The Hall–Kier alpha value is -2.34. The third-order valence-corrected chi connectivity index (χ3v) is 15.2. The van der Waals surface area contributed by atoms with E-state index < -0.39 is 38.0 Å². The lowest BCUT2D eigenvalue weighted by atomic mass is 9.72. The third-order valence-electron chi connectivity index (χ3n) is 10.8. The maximum absolute atomic E-state index is 13.5. The van der Waals surface area contributed by atoms with E-state index in [1.54, 1.807) is 0 Å². The first kappa shape index (κ1) is 32.6. The lowest BCUT2D eigenvalue weighted by molar-refractivity contribution is -0.153. The molecule has 3 unspecified atom stereocenters. The Kier molecular flexibility index (Phi) is 7.86. The van der Waals surface area contributed by atoms with Gasteiger partial charge in [-0.05, 0) is 54.9 Å². The number of alkyl halides is 3. The Morgan fingerprint density at radius 3 is 2.24 bits per heavy atom. The van der Waals surface area contributed by atoms with Gasteiger partial charge in [-0.2, -0.15) is 13.2 Å². The molecular formula is C34H45F3N2O5Si. The molecule has 246 valence electrons. The average Bonchev–Trinajstić information content (AvgIpc) is 3.64. The first-order chi connectivity index (χ1) is 20.9. The Bertz CT molecular complexity index is 1470. The van der Waals surface area contributed by atoms with Crippen molar-refractivity contribution in [3.05, 3.63) is 57.7 Å². The first-order valence-corrected chi connectivity index (χ1v) is 19.0. The van der Waals surface area contributed by atoms with E-state index in [1.807, 2.05) is 0 Å². The highest BCUT2D eigenvalue weighted by Crippen LogP contribution is 2.68. The molecule has 2 aromatic rings. The normalized spacial score (nSPS) is 25.4. The summed E-state index contributed by atoms with van der Waals surface area (Å²) in [5.41, 5.74) is 2.97. The molecule has 2 aliphatic carbocycles. The number of pyridine rings is 2. The SMILES string of the molecule is CC(=O)OC1c2nc(C(C)C)c3c(c2C(O[Si](C)(C)C(C)(C)C)CC12CC2)C1(CCOCC1)OC3c1ccc(C(F)(F)F)nc1. The van der Waals surface area contributed by atoms with Crippen LogP contribution >= 0.6 is 0 Å². The number of carbonyl (C=O) groups excluding carboxylic acids is 1. The zero-order valence-corrected chi connectivity index (χ0v) is 28.6. The van der Waals surface area contributed by atoms with Crippen LogP contribution < -0.4 is 0 Å². The average molecular weight is 647 g/mol. The number of hydrogen-bond acceptors (Lipinski definition) is 7. The van der Waals surface area contributed by atoms with Crippen molar-refractivity contribution in [3.63, 3.8) is 0 Å². The molecule has 0 amide bonds. The van der Waals surface area contributed by atoms with Crippen molar-refractivity contribution in [2.75, 3.05) is 13.2 Å². The minimum Gasteiger partial charge on any atom is -0.455 e. The van der Waals surface area contributed by atoms with Crippen LogP contribution in [0, 0.1) is 5.41 Å². The summed E-state index contributed by atoms with van der Waals surface area (Å²) < 4.78 is 66.7. The molecule has 1 saturated heterocycles. The van der Waals surface area contributed by atoms with Crippen LogP contribution in [-0.4, -0.2) is 37.5 Å². The molecule has 4 heterocycles. The summed E-state index contributed by atoms with van der Waals surface area (Å²) in [5, 5.41) is -0.0492. The van der Waals surface area contributed by atoms with Crippen LogP contribution in [0.3, 0.4) is 0 Å². The summed E-state index contributed by atoms with van der Waals surface area (Å²) in [5.74, 6) is -0.387.